The van der Waals surface area contributed by atoms with Crippen LogP contribution in [0.2, 0.25) is 15.1 Å². The van der Waals surface area contributed by atoms with Crippen LogP contribution in [0.25, 0.3) is 11.4 Å². The summed E-state index contributed by atoms with van der Waals surface area (Å²) >= 11 is 18.1. The third kappa shape index (κ3) is 7.19. The van der Waals surface area contributed by atoms with E-state index in [2.05, 4.69) is 10.4 Å². The van der Waals surface area contributed by atoms with Gasteiger partial charge in [-0.25, -0.2) is 14.3 Å². The van der Waals surface area contributed by atoms with Crippen LogP contribution in [-0.2, 0) is 22.6 Å². The Labute approximate surface area is 227 Å². The highest BCUT2D eigenvalue weighted by atomic mass is 35.5. The molecule has 1 aromatic heterocycles. The first-order valence-electron chi connectivity index (χ1n) is 10.6. The lowest BCUT2D eigenvalue weighted by Crippen LogP contribution is -2.39. The molecule has 0 radical (unpaired) electrons. The first kappa shape index (κ1) is 29.3. The fourth-order valence-electron chi connectivity index (χ4n) is 3.34. The molecule has 0 spiro atoms. The van der Waals surface area contributed by atoms with E-state index in [9.17, 15) is 32.7 Å². The number of amides is 2. The summed E-state index contributed by atoms with van der Waals surface area (Å²) in [7, 11) is 0. The quantitative estimate of drug-likeness (QED) is 0.345. The van der Waals surface area contributed by atoms with E-state index in [1.54, 1.807) is 0 Å². The molecular weight excluding hydrogens is 578 g/mol. The number of nitrogens with one attached hydrogen (secondary N) is 1. The van der Waals surface area contributed by atoms with Crippen LogP contribution < -0.4 is 16.7 Å². The summed E-state index contributed by atoms with van der Waals surface area (Å²) in [5.74, 6) is -1.08. The molecule has 38 heavy (non-hydrogen) atoms. The van der Waals surface area contributed by atoms with E-state index in [-0.39, 0.29) is 27.0 Å². The maximum Gasteiger partial charge on any atom is 0.416 e. The monoisotopic (exact) mass is 595 g/mol. The largest absolute Gasteiger partial charge is 0.447 e. The predicted molar refractivity (Wildman–Crippen MR) is 132 cm³/mol. The van der Waals surface area contributed by atoms with Crippen molar-refractivity contribution in [2.45, 2.75) is 31.4 Å². The van der Waals surface area contributed by atoms with Gasteiger partial charge in [0.05, 0.1) is 22.6 Å². The zero-order valence-electron chi connectivity index (χ0n) is 19.1. The number of halogens is 6. The number of nitrogens with zero attached hydrogens (tertiary/aromatic N) is 3. The normalized spacial score (nSPS) is 13.1. The summed E-state index contributed by atoms with van der Waals surface area (Å²) < 4.78 is 45.1. The molecule has 3 rings (SSSR count). The summed E-state index contributed by atoms with van der Waals surface area (Å²) in [6.07, 6.45) is -9.02. The van der Waals surface area contributed by atoms with Gasteiger partial charge in [0.15, 0.2) is 11.9 Å². The molecule has 3 aromatic rings. The molecule has 0 bridgehead atoms. The van der Waals surface area contributed by atoms with E-state index < -0.39 is 55.7 Å². The van der Waals surface area contributed by atoms with Crippen molar-refractivity contribution in [3.8, 4) is 11.4 Å². The Morgan fingerprint density at radius 2 is 1.79 bits per heavy atom. The Kier molecular flexibility index (Phi) is 9.31. The van der Waals surface area contributed by atoms with E-state index in [1.807, 2.05) is 0 Å². The smallest absolute Gasteiger partial charge is 0.416 e. The first-order chi connectivity index (χ1) is 17.8. The van der Waals surface area contributed by atoms with Crippen LogP contribution >= 0.6 is 34.8 Å². The molecule has 204 valence electrons. The number of aliphatic hydroxyl groups excluding tert-OH is 1. The number of aliphatic hydroxyl groups is 1. The Balaban J connectivity index is 1.93. The molecular formula is C22H19Cl3F3N5O5. The van der Waals surface area contributed by atoms with Crippen LogP contribution in [-0.4, -0.2) is 50.3 Å². The minimum atomic E-state index is -5.01. The lowest BCUT2D eigenvalue weighted by molar-refractivity contribution is -0.207. The molecule has 2 aromatic carbocycles. The van der Waals surface area contributed by atoms with Crippen molar-refractivity contribution in [2.75, 3.05) is 6.61 Å². The fraction of sp³-hybridized carbons (Fsp3) is 0.273. The predicted octanol–water partition coefficient (Wildman–Crippen LogP) is 3.55. The van der Waals surface area contributed by atoms with Gasteiger partial charge in [0.2, 0.25) is 5.91 Å². The summed E-state index contributed by atoms with van der Waals surface area (Å²) in [5.41, 5.74) is 4.39. The molecule has 2 atom stereocenters. The standard InChI is InChI=1S/C22H19Cl3F3N5O5/c23-12-6-4-11(5-7-12)19-31-33(21(37)32(19)8-16(34)22(26,27)28)9-17(35)30-15(10-38-20(29)36)13-2-1-3-14(24)18(13)25/h1-7,15-16,34H,8-10H2,(H2,29,36)(H,30,35)/t15?,16-/m0/s1. The van der Waals surface area contributed by atoms with Crippen LogP contribution in [0.15, 0.2) is 47.3 Å². The number of benzene rings is 2. The maximum absolute atomic E-state index is 13.0. The van der Waals surface area contributed by atoms with Gasteiger partial charge >= 0.3 is 18.0 Å². The van der Waals surface area contributed by atoms with Crippen LogP contribution in [0.5, 0.6) is 0 Å². The molecule has 0 saturated carbocycles. The SMILES string of the molecule is NC(=O)OCC(NC(=O)Cn1nc(-c2ccc(Cl)cc2)n(C[C@H](O)C(F)(F)F)c1=O)c1cccc(Cl)c1Cl. The van der Waals surface area contributed by atoms with E-state index in [1.165, 1.54) is 42.5 Å². The molecule has 0 aliphatic heterocycles. The molecule has 16 heteroatoms. The van der Waals surface area contributed by atoms with Gasteiger partial charge in [-0.05, 0) is 35.9 Å². The maximum atomic E-state index is 13.0. The Hall–Kier alpha value is -3.26. The van der Waals surface area contributed by atoms with E-state index in [0.29, 0.717) is 14.3 Å². The lowest BCUT2D eigenvalue weighted by Gasteiger charge is -2.20. The van der Waals surface area contributed by atoms with Crippen molar-refractivity contribution < 1.29 is 32.6 Å². The van der Waals surface area contributed by atoms with E-state index in [0.717, 1.165) is 0 Å². The van der Waals surface area contributed by atoms with Gasteiger partial charge in [-0.3, -0.25) is 9.36 Å². The molecule has 4 N–H and O–H groups in total. The van der Waals surface area contributed by atoms with Crippen molar-refractivity contribution in [1.82, 2.24) is 19.7 Å². The first-order valence-corrected chi connectivity index (χ1v) is 11.7. The second-order valence-electron chi connectivity index (χ2n) is 7.83. The van der Waals surface area contributed by atoms with Crippen molar-refractivity contribution in [1.29, 1.82) is 0 Å². The number of carbonyl (C=O) groups excluding carboxylic acids is 2. The minimum absolute atomic E-state index is 0.0557. The van der Waals surface area contributed by atoms with E-state index >= 15 is 0 Å². The van der Waals surface area contributed by atoms with Gasteiger partial charge in [-0.2, -0.15) is 13.2 Å². The lowest BCUT2D eigenvalue weighted by atomic mass is 10.1. The molecule has 0 aliphatic rings. The highest BCUT2D eigenvalue weighted by Gasteiger charge is 2.39. The summed E-state index contributed by atoms with van der Waals surface area (Å²) in [6, 6.07) is 9.13. The molecule has 1 heterocycles. The van der Waals surface area contributed by atoms with Crippen LogP contribution in [0.3, 0.4) is 0 Å². The zero-order chi connectivity index (χ0) is 28.2. The van der Waals surface area contributed by atoms with Gasteiger partial charge in [0.1, 0.15) is 13.2 Å². The van der Waals surface area contributed by atoms with Gasteiger partial charge in [0.25, 0.3) is 0 Å². The number of aromatic nitrogens is 3. The molecule has 0 fully saturated rings. The van der Waals surface area contributed by atoms with Crippen LogP contribution in [0.4, 0.5) is 18.0 Å². The summed E-state index contributed by atoms with van der Waals surface area (Å²) in [5, 5.41) is 16.6. The fourth-order valence-corrected chi connectivity index (χ4v) is 3.90. The zero-order valence-corrected chi connectivity index (χ0v) is 21.4. The van der Waals surface area contributed by atoms with Gasteiger partial charge < -0.3 is 20.9 Å². The van der Waals surface area contributed by atoms with Crippen molar-refractivity contribution in [3.63, 3.8) is 0 Å². The summed E-state index contributed by atoms with van der Waals surface area (Å²) in [6.45, 7) is -2.37. The van der Waals surface area contributed by atoms with Crippen molar-refractivity contribution in [2.24, 2.45) is 5.73 Å². The number of alkyl halides is 3. The minimum Gasteiger partial charge on any atom is -0.447 e. The number of hydrogen-bond donors (Lipinski definition) is 3. The summed E-state index contributed by atoms with van der Waals surface area (Å²) in [4.78, 5) is 36.9. The molecule has 0 aliphatic carbocycles. The van der Waals surface area contributed by atoms with Crippen LogP contribution in [0, 0.1) is 0 Å². The average molecular weight is 597 g/mol. The second-order valence-corrected chi connectivity index (χ2v) is 9.05. The average Bonchev–Trinajstić information content (AvgIpc) is 3.13. The van der Waals surface area contributed by atoms with Gasteiger partial charge in [0, 0.05) is 10.6 Å². The van der Waals surface area contributed by atoms with Crippen molar-refractivity contribution >= 4 is 46.8 Å². The highest BCUT2D eigenvalue weighted by molar-refractivity contribution is 6.42. The topological polar surface area (TPSA) is 141 Å². The molecule has 0 saturated heterocycles. The van der Waals surface area contributed by atoms with Gasteiger partial charge in [-0.15, -0.1) is 5.10 Å². The number of nitrogens with two attached hydrogens (primary N) is 1. The highest BCUT2D eigenvalue weighted by Crippen LogP contribution is 2.30. The second kappa shape index (κ2) is 12.1. The Morgan fingerprint density at radius 1 is 1.13 bits per heavy atom. The number of rotatable bonds is 9. The Bertz CT molecular complexity index is 1380. The third-order valence-corrected chi connectivity index (χ3v) is 6.22. The molecule has 1 unspecified atom stereocenters. The number of primary amides is 1. The third-order valence-electron chi connectivity index (χ3n) is 5.14. The van der Waals surface area contributed by atoms with Gasteiger partial charge in [-0.1, -0.05) is 46.9 Å². The molecule has 2 amide bonds. The number of hydrogen-bond acceptors (Lipinski definition) is 6. The molecule has 10 nitrogen and oxygen atoms in total. The Morgan fingerprint density at radius 3 is 2.39 bits per heavy atom. The number of carbonyl (C=O) groups is 2. The van der Waals surface area contributed by atoms with E-state index in [4.69, 9.17) is 45.3 Å². The van der Waals surface area contributed by atoms with Crippen LogP contribution in [0.1, 0.15) is 11.6 Å². The van der Waals surface area contributed by atoms with Crippen molar-refractivity contribution in [3.05, 3.63) is 73.6 Å². The number of ether oxygens (including phenoxy) is 1.